The van der Waals surface area contributed by atoms with Crippen molar-refractivity contribution in [3.8, 4) is 0 Å². The second-order valence-electron chi connectivity index (χ2n) is 6.69. The van der Waals surface area contributed by atoms with Gasteiger partial charge in [-0.2, -0.15) is 0 Å². The van der Waals surface area contributed by atoms with Gasteiger partial charge in [-0.15, -0.1) is 0 Å². The van der Waals surface area contributed by atoms with E-state index in [0.717, 1.165) is 23.4 Å². The van der Waals surface area contributed by atoms with Gasteiger partial charge < -0.3 is 19.5 Å². The van der Waals surface area contributed by atoms with E-state index in [9.17, 15) is 13.6 Å². The highest BCUT2D eigenvalue weighted by atomic mass is 35.5. The molecule has 0 aliphatic rings. The van der Waals surface area contributed by atoms with Crippen LogP contribution in [0.3, 0.4) is 0 Å². The van der Waals surface area contributed by atoms with Crippen molar-refractivity contribution in [1.29, 1.82) is 0 Å². The predicted octanol–water partition coefficient (Wildman–Crippen LogP) is 5.15. The Kier molecular flexibility index (Phi) is 7.43. The Morgan fingerprint density at radius 3 is 2.67 bits per heavy atom. The van der Waals surface area contributed by atoms with Crippen LogP contribution >= 0.6 is 11.6 Å². The first-order valence-corrected chi connectivity index (χ1v) is 9.73. The Balaban J connectivity index is 1.75. The van der Waals surface area contributed by atoms with Gasteiger partial charge in [0.15, 0.2) is 11.6 Å². The summed E-state index contributed by atoms with van der Waals surface area (Å²) in [6.07, 6.45) is 1.92. The smallest absolute Gasteiger partial charge is 0.322 e. The van der Waals surface area contributed by atoms with E-state index in [-0.39, 0.29) is 5.69 Å². The van der Waals surface area contributed by atoms with Gasteiger partial charge in [-0.25, -0.2) is 13.6 Å². The predicted molar refractivity (Wildman–Crippen MR) is 113 cm³/mol. The highest BCUT2D eigenvalue weighted by Gasteiger charge is 2.17. The van der Waals surface area contributed by atoms with Crippen molar-refractivity contribution in [2.24, 2.45) is 0 Å². The second-order valence-corrected chi connectivity index (χ2v) is 7.10. The number of urea groups is 1. The summed E-state index contributed by atoms with van der Waals surface area (Å²) in [5.41, 5.74) is 2.03. The molecule has 158 valence electrons. The molecule has 0 aliphatic carbocycles. The van der Waals surface area contributed by atoms with Crippen molar-refractivity contribution in [3.63, 3.8) is 0 Å². The minimum Gasteiger partial charge on any atom is -0.383 e. The van der Waals surface area contributed by atoms with Gasteiger partial charge in [-0.1, -0.05) is 29.8 Å². The number of carbonyl (C=O) groups excluding carboxylic acids is 1. The number of hydrogen-bond acceptors (Lipinski definition) is 2. The molecule has 0 unspecified atom stereocenters. The van der Waals surface area contributed by atoms with Crippen LogP contribution in [0.25, 0.3) is 0 Å². The monoisotopic (exact) mass is 433 g/mol. The van der Waals surface area contributed by atoms with Crippen LogP contribution in [0.15, 0.2) is 60.8 Å². The normalized spacial score (nSPS) is 10.8. The largest absolute Gasteiger partial charge is 0.383 e. The standard InChI is InChI=1S/C22H22ClF2N3O2/c1-30-12-11-28(22(29)26-17-8-9-20(24)21(25)13-17)15-18-6-4-10-27(18)14-16-5-2-3-7-19(16)23/h2-10,13H,11-12,14-15H2,1H3,(H,26,29). The van der Waals surface area contributed by atoms with Crippen LogP contribution in [0.2, 0.25) is 5.02 Å². The average Bonchev–Trinajstić information content (AvgIpc) is 3.16. The molecule has 0 saturated carbocycles. The molecule has 2 amide bonds. The van der Waals surface area contributed by atoms with Crippen molar-refractivity contribution in [3.05, 3.63) is 88.7 Å². The van der Waals surface area contributed by atoms with Gasteiger partial charge in [0.25, 0.3) is 0 Å². The van der Waals surface area contributed by atoms with Gasteiger partial charge in [0.1, 0.15) is 0 Å². The molecular weight excluding hydrogens is 412 g/mol. The van der Waals surface area contributed by atoms with Crippen molar-refractivity contribution in [2.75, 3.05) is 25.6 Å². The maximum Gasteiger partial charge on any atom is 0.322 e. The number of anilines is 1. The third-order valence-electron chi connectivity index (χ3n) is 4.60. The molecule has 5 nitrogen and oxygen atoms in total. The molecule has 0 spiro atoms. The van der Waals surface area contributed by atoms with Crippen LogP contribution in [-0.4, -0.2) is 35.8 Å². The first-order valence-electron chi connectivity index (χ1n) is 9.35. The van der Waals surface area contributed by atoms with Gasteiger partial charge in [0.05, 0.1) is 13.2 Å². The van der Waals surface area contributed by atoms with E-state index in [1.807, 2.05) is 47.2 Å². The van der Waals surface area contributed by atoms with E-state index in [1.54, 1.807) is 12.0 Å². The van der Waals surface area contributed by atoms with Crippen LogP contribution in [-0.2, 0) is 17.8 Å². The van der Waals surface area contributed by atoms with Crippen LogP contribution in [0.1, 0.15) is 11.3 Å². The molecular formula is C22H22ClF2N3O2. The number of amides is 2. The number of methoxy groups -OCH3 is 1. The van der Waals surface area contributed by atoms with Gasteiger partial charge in [0, 0.05) is 48.9 Å². The highest BCUT2D eigenvalue weighted by Crippen LogP contribution is 2.19. The second kappa shape index (κ2) is 10.2. The Morgan fingerprint density at radius 2 is 1.93 bits per heavy atom. The quantitative estimate of drug-likeness (QED) is 0.534. The molecule has 1 aromatic heterocycles. The summed E-state index contributed by atoms with van der Waals surface area (Å²) in [7, 11) is 1.55. The van der Waals surface area contributed by atoms with E-state index in [2.05, 4.69) is 5.32 Å². The van der Waals surface area contributed by atoms with Gasteiger partial charge in [-0.3, -0.25) is 0 Å². The summed E-state index contributed by atoms with van der Waals surface area (Å²) in [6.45, 7) is 1.51. The Bertz CT molecular complexity index is 1010. The fraction of sp³-hybridized carbons (Fsp3) is 0.227. The van der Waals surface area contributed by atoms with E-state index in [1.165, 1.54) is 6.07 Å². The summed E-state index contributed by atoms with van der Waals surface area (Å²) >= 11 is 6.27. The topological polar surface area (TPSA) is 46.5 Å². The summed E-state index contributed by atoms with van der Waals surface area (Å²) in [5.74, 6) is -1.99. The lowest BCUT2D eigenvalue weighted by molar-refractivity contribution is 0.152. The van der Waals surface area contributed by atoms with Crippen molar-refractivity contribution in [1.82, 2.24) is 9.47 Å². The number of halogens is 3. The molecule has 0 aliphatic heterocycles. The molecule has 0 radical (unpaired) electrons. The summed E-state index contributed by atoms with van der Waals surface area (Å²) in [5, 5.41) is 3.27. The Labute approximate surface area is 178 Å². The van der Waals surface area contributed by atoms with E-state index in [0.29, 0.717) is 31.3 Å². The molecule has 0 bridgehead atoms. The highest BCUT2D eigenvalue weighted by molar-refractivity contribution is 6.31. The van der Waals surface area contributed by atoms with Crippen molar-refractivity contribution >= 4 is 23.3 Å². The van der Waals surface area contributed by atoms with Crippen LogP contribution in [0.5, 0.6) is 0 Å². The van der Waals surface area contributed by atoms with Crippen molar-refractivity contribution < 1.29 is 18.3 Å². The Morgan fingerprint density at radius 1 is 1.13 bits per heavy atom. The number of benzene rings is 2. The van der Waals surface area contributed by atoms with Crippen LogP contribution in [0.4, 0.5) is 19.3 Å². The SMILES string of the molecule is COCCN(Cc1cccn1Cc1ccccc1Cl)C(=O)Nc1ccc(F)c(F)c1. The van der Waals surface area contributed by atoms with E-state index in [4.69, 9.17) is 16.3 Å². The number of aromatic nitrogens is 1. The third kappa shape index (κ3) is 5.58. The minimum atomic E-state index is -1.02. The maximum absolute atomic E-state index is 13.5. The lowest BCUT2D eigenvalue weighted by atomic mass is 10.2. The van der Waals surface area contributed by atoms with Crippen molar-refractivity contribution in [2.45, 2.75) is 13.1 Å². The summed E-state index contributed by atoms with van der Waals surface area (Å²) < 4.78 is 33.7. The molecule has 3 rings (SSSR count). The minimum absolute atomic E-state index is 0.174. The number of rotatable bonds is 8. The van der Waals surface area contributed by atoms with E-state index >= 15 is 0 Å². The Hall–Kier alpha value is -2.90. The maximum atomic E-state index is 13.5. The molecule has 8 heteroatoms. The van der Waals surface area contributed by atoms with E-state index < -0.39 is 17.7 Å². The molecule has 3 aromatic rings. The lowest BCUT2D eigenvalue weighted by Crippen LogP contribution is -2.37. The average molecular weight is 434 g/mol. The van der Waals surface area contributed by atoms with Crippen LogP contribution in [0, 0.1) is 11.6 Å². The first-order chi connectivity index (χ1) is 14.5. The number of carbonyl (C=O) groups is 1. The lowest BCUT2D eigenvalue weighted by Gasteiger charge is -2.24. The van der Waals surface area contributed by atoms with Gasteiger partial charge in [-0.05, 0) is 35.9 Å². The summed E-state index contributed by atoms with van der Waals surface area (Å²) in [6, 6.07) is 14.2. The molecule has 30 heavy (non-hydrogen) atoms. The van der Waals surface area contributed by atoms with Gasteiger partial charge >= 0.3 is 6.03 Å². The van der Waals surface area contributed by atoms with Gasteiger partial charge in [0.2, 0.25) is 0 Å². The fourth-order valence-corrected chi connectivity index (χ4v) is 3.18. The molecule has 0 saturated heterocycles. The number of hydrogen-bond donors (Lipinski definition) is 1. The fourth-order valence-electron chi connectivity index (χ4n) is 2.98. The molecule has 1 N–H and O–H groups in total. The number of ether oxygens (including phenoxy) is 1. The molecule has 0 atom stereocenters. The first kappa shape index (κ1) is 21.8. The summed E-state index contributed by atoms with van der Waals surface area (Å²) in [4.78, 5) is 14.3. The zero-order valence-electron chi connectivity index (χ0n) is 16.4. The third-order valence-corrected chi connectivity index (χ3v) is 4.97. The molecule has 0 fully saturated rings. The zero-order valence-corrected chi connectivity index (χ0v) is 17.2. The van der Waals surface area contributed by atoms with Crippen LogP contribution < -0.4 is 5.32 Å². The number of nitrogens with one attached hydrogen (secondary N) is 1. The molecule has 2 aromatic carbocycles. The molecule has 1 heterocycles. The number of nitrogens with zero attached hydrogens (tertiary/aromatic N) is 2. The zero-order chi connectivity index (χ0) is 21.5.